The van der Waals surface area contributed by atoms with Crippen LogP contribution >= 0.6 is 23.2 Å². The molecule has 9 heteroatoms. The number of hydrogen-bond donors (Lipinski definition) is 2. The number of nitrogens with zero attached hydrogens (tertiary/aromatic N) is 1. The average molecular weight is 471 g/mol. The summed E-state index contributed by atoms with van der Waals surface area (Å²) in [5, 5.41) is 9.80. The van der Waals surface area contributed by atoms with Crippen LogP contribution in [-0.2, 0) is 11.2 Å². The van der Waals surface area contributed by atoms with Crippen molar-refractivity contribution in [1.82, 2.24) is 4.98 Å². The number of ether oxygens (including phenoxy) is 1. The van der Waals surface area contributed by atoms with E-state index in [9.17, 15) is 9.59 Å². The smallest absolute Gasteiger partial charge is 0.343 e. The van der Waals surface area contributed by atoms with Gasteiger partial charge in [-0.05, 0) is 60.5 Å². The van der Waals surface area contributed by atoms with Gasteiger partial charge in [0.15, 0.2) is 5.58 Å². The van der Waals surface area contributed by atoms with Crippen molar-refractivity contribution < 1.29 is 23.8 Å². The number of carbonyl (C=O) groups excluding carboxylic acids is 1. The molecule has 0 saturated carbocycles. The van der Waals surface area contributed by atoms with Gasteiger partial charge in [-0.15, -0.1) is 0 Å². The molecule has 0 bridgehead atoms. The molecule has 0 aliphatic carbocycles. The first-order valence-electron chi connectivity index (χ1n) is 9.45. The molecule has 162 valence electrons. The van der Waals surface area contributed by atoms with E-state index < -0.39 is 18.0 Å². The second-order valence-electron chi connectivity index (χ2n) is 7.04. The molecule has 0 aliphatic rings. The molecule has 1 unspecified atom stereocenters. The van der Waals surface area contributed by atoms with E-state index in [2.05, 4.69) is 4.98 Å². The van der Waals surface area contributed by atoms with E-state index in [-0.39, 0.29) is 12.0 Å². The first-order chi connectivity index (χ1) is 15.3. The molecule has 0 spiro atoms. The van der Waals surface area contributed by atoms with Crippen molar-refractivity contribution in [3.63, 3.8) is 0 Å². The fourth-order valence-electron chi connectivity index (χ4n) is 3.05. The number of carbonyl (C=O) groups is 2. The summed E-state index contributed by atoms with van der Waals surface area (Å²) >= 11 is 12.1. The summed E-state index contributed by atoms with van der Waals surface area (Å²) in [5.74, 6) is -1.02. The van der Waals surface area contributed by atoms with Crippen molar-refractivity contribution in [2.45, 2.75) is 12.5 Å². The number of esters is 1. The summed E-state index contributed by atoms with van der Waals surface area (Å²) in [6, 6.07) is 15.2. The van der Waals surface area contributed by atoms with Gasteiger partial charge < -0.3 is 20.0 Å². The minimum Gasteiger partial charge on any atom is -0.480 e. The zero-order chi connectivity index (χ0) is 22.8. The van der Waals surface area contributed by atoms with Crippen LogP contribution < -0.4 is 10.5 Å². The topological polar surface area (TPSA) is 116 Å². The Morgan fingerprint density at radius 3 is 2.38 bits per heavy atom. The van der Waals surface area contributed by atoms with Gasteiger partial charge >= 0.3 is 11.9 Å². The molecule has 3 N–H and O–H groups in total. The molecule has 1 atom stereocenters. The highest BCUT2D eigenvalue weighted by Gasteiger charge is 2.15. The fourth-order valence-corrected chi connectivity index (χ4v) is 3.58. The molecule has 0 aliphatic heterocycles. The molecule has 4 rings (SSSR count). The second-order valence-corrected chi connectivity index (χ2v) is 7.91. The minimum atomic E-state index is -1.08. The lowest BCUT2D eigenvalue weighted by Gasteiger charge is -2.08. The summed E-state index contributed by atoms with van der Waals surface area (Å²) in [6.45, 7) is 0. The number of carboxylic acid groups (broad SMARTS) is 1. The number of rotatable bonds is 6. The van der Waals surface area contributed by atoms with Gasteiger partial charge in [-0.25, -0.2) is 9.78 Å². The molecule has 4 aromatic rings. The van der Waals surface area contributed by atoms with Crippen LogP contribution in [0.5, 0.6) is 5.75 Å². The summed E-state index contributed by atoms with van der Waals surface area (Å²) in [6.07, 6.45) is 0.173. The third-order valence-corrected chi connectivity index (χ3v) is 5.08. The highest BCUT2D eigenvalue weighted by Crippen LogP contribution is 2.30. The standard InChI is InChI=1S/C23H16Cl2N2O5/c24-15-8-14(9-16(25)11-15)21-27-19-6-3-13(10-20(19)32-21)23(30)31-17-4-1-12(2-5-17)7-18(26)22(28)29/h1-6,8-11,18H,7,26H2,(H,28,29). The molecule has 32 heavy (non-hydrogen) atoms. The predicted molar refractivity (Wildman–Crippen MR) is 120 cm³/mol. The van der Waals surface area contributed by atoms with Crippen LogP contribution in [0.25, 0.3) is 22.6 Å². The molecule has 1 heterocycles. The predicted octanol–water partition coefficient (Wildman–Crippen LogP) is 4.98. The van der Waals surface area contributed by atoms with Crippen molar-refractivity contribution in [2.24, 2.45) is 5.73 Å². The Labute approximate surface area is 192 Å². The zero-order valence-corrected chi connectivity index (χ0v) is 17.9. The van der Waals surface area contributed by atoms with Crippen LogP contribution in [0.4, 0.5) is 0 Å². The van der Waals surface area contributed by atoms with Crippen LogP contribution in [0.1, 0.15) is 15.9 Å². The lowest BCUT2D eigenvalue weighted by molar-refractivity contribution is -0.138. The van der Waals surface area contributed by atoms with Crippen molar-refractivity contribution in [3.8, 4) is 17.2 Å². The van der Waals surface area contributed by atoms with Gasteiger partial charge in [-0.1, -0.05) is 35.3 Å². The Morgan fingerprint density at radius 2 is 1.72 bits per heavy atom. The normalized spacial score (nSPS) is 12.0. The number of aliphatic carboxylic acids is 1. The van der Waals surface area contributed by atoms with E-state index in [1.54, 1.807) is 60.7 Å². The van der Waals surface area contributed by atoms with Crippen LogP contribution in [-0.4, -0.2) is 28.1 Å². The van der Waals surface area contributed by atoms with Crippen molar-refractivity contribution in [1.29, 1.82) is 0 Å². The van der Waals surface area contributed by atoms with Gasteiger partial charge in [-0.3, -0.25) is 4.79 Å². The largest absolute Gasteiger partial charge is 0.480 e. The Morgan fingerprint density at radius 1 is 1.03 bits per heavy atom. The van der Waals surface area contributed by atoms with Gasteiger partial charge in [0.1, 0.15) is 17.3 Å². The molecular weight excluding hydrogens is 455 g/mol. The van der Waals surface area contributed by atoms with E-state index in [0.717, 1.165) is 5.56 Å². The van der Waals surface area contributed by atoms with E-state index in [1.165, 1.54) is 0 Å². The van der Waals surface area contributed by atoms with Gasteiger partial charge in [0.05, 0.1) is 5.56 Å². The lowest BCUT2D eigenvalue weighted by Crippen LogP contribution is -2.32. The third-order valence-electron chi connectivity index (χ3n) is 4.64. The quantitative estimate of drug-likeness (QED) is 0.301. The fraction of sp³-hybridized carbons (Fsp3) is 0.0870. The molecule has 1 aromatic heterocycles. The minimum absolute atomic E-state index is 0.173. The van der Waals surface area contributed by atoms with Crippen molar-refractivity contribution in [3.05, 3.63) is 81.8 Å². The molecule has 0 amide bonds. The molecule has 0 fully saturated rings. The van der Waals surface area contributed by atoms with Crippen molar-refractivity contribution >= 4 is 46.2 Å². The average Bonchev–Trinajstić information content (AvgIpc) is 3.18. The molecule has 3 aromatic carbocycles. The third kappa shape index (κ3) is 4.91. The van der Waals surface area contributed by atoms with Gasteiger partial charge in [0, 0.05) is 15.6 Å². The maximum Gasteiger partial charge on any atom is 0.343 e. The Balaban J connectivity index is 1.51. The second kappa shape index (κ2) is 9.00. The summed E-state index contributed by atoms with van der Waals surface area (Å²) in [5.41, 5.74) is 8.11. The number of fused-ring (bicyclic) bond motifs is 1. The van der Waals surface area contributed by atoms with Gasteiger partial charge in [0.25, 0.3) is 0 Å². The lowest BCUT2D eigenvalue weighted by atomic mass is 10.1. The SMILES string of the molecule is NC(Cc1ccc(OC(=O)c2ccc3nc(-c4cc(Cl)cc(Cl)c4)oc3c2)cc1)C(=O)O. The Kier molecular flexibility index (Phi) is 6.14. The van der Waals surface area contributed by atoms with Crippen LogP contribution in [0.2, 0.25) is 10.0 Å². The maximum atomic E-state index is 12.6. The van der Waals surface area contributed by atoms with E-state index >= 15 is 0 Å². The van der Waals surface area contributed by atoms with Crippen LogP contribution in [0.3, 0.4) is 0 Å². The highest BCUT2D eigenvalue weighted by atomic mass is 35.5. The van der Waals surface area contributed by atoms with Gasteiger partial charge in [0.2, 0.25) is 5.89 Å². The number of halogens is 2. The first-order valence-corrected chi connectivity index (χ1v) is 10.2. The number of oxazole rings is 1. The van der Waals surface area contributed by atoms with E-state index in [4.69, 9.17) is 43.2 Å². The monoisotopic (exact) mass is 470 g/mol. The summed E-state index contributed by atoms with van der Waals surface area (Å²) in [7, 11) is 0. The summed E-state index contributed by atoms with van der Waals surface area (Å²) in [4.78, 5) is 27.8. The Bertz CT molecular complexity index is 1300. The number of carboxylic acids is 1. The number of nitrogens with two attached hydrogens (primary N) is 1. The van der Waals surface area contributed by atoms with Crippen LogP contribution in [0, 0.1) is 0 Å². The van der Waals surface area contributed by atoms with Crippen molar-refractivity contribution in [2.75, 3.05) is 0 Å². The maximum absolute atomic E-state index is 12.6. The molecule has 0 saturated heterocycles. The highest BCUT2D eigenvalue weighted by molar-refractivity contribution is 6.35. The van der Waals surface area contributed by atoms with Gasteiger partial charge in [-0.2, -0.15) is 0 Å². The van der Waals surface area contributed by atoms with E-state index in [1.807, 2.05) is 0 Å². The first kappa shape index (κ1) is 21.8. The summed E-state index contributed by atoms with van der Waals surface area (Å²) < 4.78 is 11.2. The number of aromatic nitrogens is 1. The Hall–Kier alpha value is -3.39. The molecule has 7 nitrogen and oxygen atoms in total. The number of benzene rings is 3. The number of hydrogen-bond acceptors (Lipinski definition) is 6. The zero-order valence-electron chi connectivity index (χ0n) is 16.4. The van der Waals surface area contributed by atoms with E-state index in [0.29, 0.717) is 38.3 Å². The molecular formula is C23H16Cl2N2O5. The molecule has 0 radical (unpaired) electrons. The van der Waals surface area contributed by atoms with Crippen LogP contribution in [0.15, 0.2) is 65.1 Å².